The van der Waals surface area contributed by atoms with Crippen LogP contribution in [0.3, 0.4) is 0 Å². The smallest absolute Gasteiger partial charge is 0.270 e. The first-order valence-electron chi connectivity index (χ1n) is 4.89. The van der Waals surface area contributed by atoms with Crippen molar-refractivity contribution in [3.8, 4) is 0 Å². The molecule has 2 rings (SSSR count). The third-order valence-corrected chi connectivity index (χ3v) is 1.97. The molecule has 0 spiro atoms. The van der Waals surface area contributed by atoms with Crippen molar-refractivity contribution in [1.82, 2.24) is 15.2 Å². The molecule has 0 amide bonds. The summed E-state index contributed by atoms with van der Waals surface area (Å²) in [4.78, 5) is 23.9. The summed E-state index contributed by atoms with van der Waals surface area (Å²) in [6.45, 7) is 0. The molecule has 0 atom stereocenters. The Balaban J connectivity index is 2.09. The van der Waals surface area contributed by atoms with E-state index in [1.54, 1.807) is 0 Å². The Hall–Kier alpha value is -2.77. The molecule has 92 valence electrons. The summed E-state index contributed by atoms with van der Waals surface area (Å²) < 4.78 is 12.6. The fourth-order valence-electron chi connectivity index (χ4n) is 1.14. The number of aromatic nitrogens is 3. The molecule has 2 aromatic rings. The predicted octanol–water partition coefficient (Wildman–Crippen LogP) is 0.0433. The fourth-order valence-corrected chi connectivity index (χ4v) is 1.14. The molecule has 0 radical (unpaired) electrons. The molecule has 0 fully saturated rings. The van der Waals surface area contributed by atoms with E-state index in [0.29, 0.717) is 5.56 Å². The van der Waals surface area contributed by atoms with Crippen LogP contribution in [0.25, 0.3) is 0 Å². The zero-order valence-corrected chi connectivity index (χ0v) is 8.98. The number of aromatic amines is 2. The van der Waals surface area contributed by atoms with Gasteiger partial charge in [-0.05, 0) is 17.7 Å². The second-order valence-corrected chi connectivity index (χ2v) is 3.28. The zero-order valence-electron chi connectivity index (χ0n) is 8.98. The maximum absolute atomic E-state index is 12.6. The van der Waals surface area contributed by atoms with Crippen LogP contribution in [0.2, 0.25) is 0 Å². The van der Waals surface area contributed by atoms with Crippen molar-refractivity contribution in [2.45, 2.75) is 0 Å². The summed E-state index contributed by atoms with van der Waals surface area (Å²) in [5, 5.41) is 9.24. The molecule has 3 N–H and O–H groups in total. The number of hydrogen-bond donors (Lipinski definition) is 3. The molecule has 0 saturated carbocycles. The zero-order chi connectivity index (χ0) is 13.0. The van der Waals surface area contributed by atoms with Crippen LogP contribution < -0.4 is 16.7 Å². The number of nitrogens with zero attached hydrogens (tertiary/aromatic N) is 2. The van der Waals surface area contributed by atoms with Crippen molar-refractivity contribution in [2.24, 2.45) is 5.10 Å². The first-order valence-corrected chi connectivity index (χ1v) is 4.89. The molecule has 7 nitrogen and oxygen atoms in total. The van der Waals surface area contributed by atoms with Crippen LogP contribution in [0, 0.1) is 5.82 Å². The number of benzene rings is 1. The average molecular weight is 249 g/mol. The number of nitrogens with one attached hydrogen (secondary N) is 3. The maximum Gasteiger partial charge on any atom is 0.342 e. The predicted molar refractivity (Wildman–Crippen MR) is 63.1 cm³/mol. The van der Waals surface area contributed by atoms with E-state index in [2.05, 4.69) is 15.6 Å². The van der Waals surface area contributed by atoms with Crippen molar-refractivity contribution in [3.63, 3.8) is 0 Å². The molecule has 0 saturated heterocycles. The SMILES string of the molecule is O=c1[nH]nc(NN=Cc2ccc(F)cc2)c(=O)[nH]1. The lowest BCUT2D eigenvalue weighted by Gasteiger charge is -1.96. The average Bonchev–Trinajstić information content (AvgIpc) is 2.34. The second kappa shape index (κ2) is 5.04. The molecule has 8 heteroatoms. The highest BCUT2D eigenvalue weighted by atomic mass is 19.1. The Kier molecular flexibility index (Phi) is 3.28. The highest BCUT2D eigenvalue weighted by Crippen LogP contribution is 1.99. The van der Waals surface area contributed by atoms with E-state index in [0.717, 1.165) is 0 Å². The standard InChI is InChI=1S/C10H8FN5O2/c11-7-3-1-6(2-4-7)5-12-14-8-9(17)13-10(18)16-15-8/h1-5H,(H,14,15)(H2,13,16,17,18). The van der Waals surface area contributed by atoms with Gasteiger partial charge in [-0.3, -0.25) is 15.2 Å². The minimum atomic E-state index is -0.701. The molecule has 0 aliphatic heterocycles. The Morgan fingerprint density at radius 3 is 2.67 bits per heavy atom. The molecule has 0 aliphatic carbocycles. The van der Waals surface area contributed by atoms with Gasteiger partial charge in [-0.25, -0.2) is 14.3 Å². The normalized spacial score (nSPS) is 10.7. The second-order valence-electron chi connectivity index (χ2n) is 3.28. The highest BCUT2D eigenvalue weighted by molar-refractivity contribution is 5.79. The third-order valence-electron chi connectivity index (χ3n) is 1.97. The number of anilines is 1. The number of H-pyrrole nitrogens is 2. The lowest BCUT2D eigenvalue weighted by molar-refractivity contribution is 0.628. The Labute approximate surface area is 99.4 Å². The summed E-state index contributed by atoms with van der Waals surface area (Å²) in [5.41, 5.74) is 1.61. The quantitative estimate of drug-likeness (QED) is 0.528. The molecule has 0 aliphatic rings. The van der Waals surface area contributed by atoms with Gasteiger partial charge in [-0.15, -0.1) is 5.10 Å². The topological polar surface area (TPSA) is 103 Å². The van der Waals surface area contributed by atoms with Crippen LogP contribution in [0.5, 0.6) is 0 Å². The third kappa shape index (κ3) is 2.88. The Morgan fingerprint density at radius 2 is 2.00 bits per heavy atom. The first kappa shape index (κ1) is 11.7. The molecule has 0 unspecified atom stereocenters. The monoisotopic (exact) mass is 249 g/mol. The van der Waals surface area contributed by atoms with Crippen molar-refractivity contribution in [3.05, 3.63) is 56.5 Å². The van der Waals surface area contributed by atoms with E-state index >= 15 is 0 Å². The lowest BCUT2D eigenvalue weighted by Crippen LogP contribution is -2.25. The van der Waals surface area contributed by atoms with Gasteiger partial charge in [0.15, 0.2) is 0 Å². The molecular weight excluding hydrogens is 241 g/mol. The van der Waals surface area contributed by atoms with E-state index in [4.69, 9.17) is 0 Å². The summed E-state index contributed by atoms with van der Waals surface area (Å²) in [7, 11) is 0. The number of hydrazone groups is 1. The van der Waals surface area contributed by atoms with Gasteiger partial charge in [0.2, 0.25) is 5.82 Å². The van der Waals surface area contributed by atoms with Gasteiger partial charge in [0.25, 0.3) is 5.56 Å². The molecule has 1 heterocycles. The van der Waals surface area contributed by atoms with E-state index in [9.17, 15) is 14.0 Å². The summed E-state index contributed by atoms with van der Waals surface area (Å²) >= 11 is 0. The van der Waals surface area contributed by atoms with Gasteiger partial charge >= 0.3 is 5.69 Å². The van der Waals surface area contributed by atoms with Crippen LogP contribution in [-0.4, -0.2) is 21.4 Å². The van der Waals surface area contributed by atoms with Crippen LogP contribution in [0.1, 0.15) is 5.56 Å². The first-order chi connectivity index (χ1) is 8.65. The minimum Gasteiger partial charge on any atom is -0.270 e. The molecule has 18 heavy (non-hydrogen) atoms. The van der Waals surface area contributed by atoms with E-state index in [1.165, 1.54) is 30.5 Å². The van der Waals surface area contributed by atoms with Gasteiger partial charge < -0.3 is 0 Å². The van der Waals surface area contributed by atoms with Crippen molar-refractivity contribution in [1.29, 1.82) is 0 Å². The fraction of sp³-hybridized carbons (Fsp3) is 0. The van der Waals surface area contributed by atoms with Crippen LogP contribution in [0.15, 0.2) is 39.0 Å². The van der Waals surface area contributed by atoms with Crippen LogP contribution in [0.4, 0.5) is 10.2 Å². The van der Waals surface area contributed by atoms with Crippen molar-refractivity contribution >= 4 is 12.0 Å². The van der Waals surface area contributed by atoms with E-state index in [1.807, 2.05) is 10.1 Å². The summed E-state index contributed by atoms with van der Waals surface area (Å²) in [6.07, 6.45) is 1.38. The highest BCUT2D eigenvalue weighted by Gasteiger charge is 1.98. The van der Waals surface area contributed by atoms with Crippen molar-refractivity contribution < 1.29 is 4.39 Å². The van der Waals surface area contributed by atoms with Gasteiger partial charge in [0.1, 0.15) is 5.82 Å². The van der Waals surface area contributed by atoms with Gasteiger partial charge in [-0.1, -0.05) is 12.1 Å². The number of halogens is 1. The number of hydrogen-bond acceptors (Lipinski definition) is 5. The lowest BCUT2D eigenvalue weighted by atomic mass is 10.2. The minimum absolute atomic E-state index is 0.145. The largest absolute Gasteiger partial charge is 0.342 e. The van der Waals surface area contributed by atoms with Crippen LogP contribution >= 0.6 is 0 Å². The van der Waals surface area contributed by atoms with Gasteiger partial charge in [-0.2, -0.15) is 5.10 Å². The Morgan fingerprint density at radius 1 is 1.28 bits per heavy atom. The van der Waals surface area contributed by atoms with Gasteiger partial charge in [0, 0.05) is 0 Å². The molecular formula is C10H8FN5O2. The van der Waals surface area contributed by atoms with Gasteiger partial charge in [0.05, 0.1) is 6.21 Å². The molecule has 1 aromatic heterocycles. The van der Waals surface area contributed by atoms with E-state index < -0.39 is 11.2 Å². The number of rotatable bonds is 3. The summed E-state index contributed by atoms with van der Waals surface area (Å²) in [6, 6.07) is 5.61. The maximum atomic E-state index is 12.6. The molecule has 1 aromatic carbocycles. The Bertz CT molecular complexity index is 674. The molecule has 0 bridgehead atoms. The summed E-state index contributed by atoms with van der Waals surface area (Å²) in [5.74, 6) is -0.494. The van der Waals surface area contributed by atoms with E-state index in [-0.39, 0.29) is 11.6 Å². The van der Waals surface area contributed by atoms with Crippen molar-refractivity contribution in [2.75, 3.05) is 5.43 Å². The van der Waals surface area contributed by atoms with Crippen LogP contribution in [-0.2, 0) is 0 Å².